The van der Waals surface area contributed by atoms with E-state index in [2.05, 4.69) is 50.0 Å². The van der Waals surface area contributed by atoms with Crippen LogP contribution in [-0.2, 0) is 13.1 Å². The number of hydrogen-bond donors (Lipinski definition) is 1. The highest BCUT2D eigenvalue weighted by atomic mass is 79.9. The van der Waals surface area contributed by atoms with Gasteiger partial charge in [0.2, 0.25) is 0 Å². The molecule has 2 aromatic rings. The summed E-state index contributed by atoms with van der Waals surface area (Å²) < 4.78 is 1.09. The highest BCUT2D eigenvalue weighted by Crippen LogP contribution is 2.12. The van der Waals surface area contributed by atoms with E-state index in [-0.39, 0.29) is 6.10 Å². The molecule has 1 atom stereocenters. The second-order valence-corrected chi connectivity index (χ2v) is 7.08. The average molecular weight is 377 g/mol. The van der Waals surface area contributed by atoms with Gasteiger partial charge in [-0.05, 0) is 37.4 Å². The zero-order valence-corrected chi connectivity index (χ0v) is 15.4. The highest BCUT2D eigenvalue weighted by Gasteiger charge is 2.11. The number of aliphatic hydroxyl groups excluding tert-OH is 1. The summed E-state index contributed by atoms with van der Waals surface area (Å²) in [5, 5.41) is 10.3. The quantitative estimate of drug-likeness (QED) is 0.764. The molecular formula is C19H25BrN2O. The van der Waals surface area contributed by atoms with Gasteiger partial charge in [-0.1, -0.05) is 58.4 Å². The van der Waals surface area contributed by atoms with Gasteiger partial charge in [-0.25, -0.2) is 0 Å². The molecule has 0 amide bonds. The maximum atomic E-state index is 10.3. The van der Waals surface area contributed by atoms with Crippen molar-refractivity contribution in [3.8, 4) is 0 Å². The van der Waals surface area contributed by atoms with Crippen molar-refractivity contribution in [3.05, 3.63) is 70.2 Å². The molecule has 0 spiro atoms. The fraction of sp³-hybridized carbons (Fsp3) is 0.368. The highest BCUT2D eigenvalue weighted by molar-refractivity contribution is 9.10. The molecule has 4 heteroatoms. The van der Waals surface area contributed by atoms with E-state index in [1.807, 2.05) is 44.4 Å². The molecule has 3 nitrogen and oxygen atoms in total. The van der Waals surface area contributed by atoms with E-state index in [4.69, 9.17) is 0 Å². The Kier molecular flexibility index (Phi) is 7.24. The fourth-order valence-electron chi connectivity index (χ4n) is 2.70. The smallest absolute Gasteiger partial charge is 0.0793 e. The van der Waals surface area contributed by atoms with E-state index in [1.54, 1.807) is 0 Å². The number of hydrogen-bond acceptors (Lipinski definition) is 3. The molecule has 0 saturated carbocycles. The second kappa shape index (κ2) is 9.18. The van der Waals surface area contributed by atoms with Gasteiger partial charge in [-0.2, -0.15) is 0 Å². The molecule has 1 N–H and O–H groups in total. The third-order valence-corrected chi connectivity index (χ3v) is 4.23. The van der Waals surface area contributed by atoms with Crippen molar-refractivity contribution in [2.24, 2.45) is 0 Å². The predicted octanol–water partition coefficient (Wildman–Crippen LogP) is 3.37. The maximum Gasteiger partial charge on any atom is 0.0793 e. The molecule has 0 aliphatic heterocycles. The molecule has 2 rings (SSSR count). The van der Waals surface area contributed by atoms with E-state index in [1.165, 1.54) is 11.1 Å². The van der Waals surface area contributed by atoms with Crippen LogP contribution in [0.2, 0.25) is 0 Å². The lowest BCUT2D eigenvalue weighted by Crippen LogP contribution is -2.37. The van der Waals surface area contributed by atoms with Crippen LogP contribution in [-0.4, -0.2) is 48.2 Å². The lowest BCUT2D eigenvalue weighted by molar-refractivity contribution is 0.0868. The minimum absolute atomic E-state index is 0.357. The van der Waals surface area contributed by atoms with Gasteiger partial charge in [-0.15, -0.1) is 0 Å². The summed E-state index contributed by atoms with van der Waals surface area (Å²) >= 11 is 3.45. The first-order valence-corrected chi connectivity index (χ1v) is 8.66. The van der Waals surface area contributed by atoms with Gasteiger partial charge < -0.3 is 5.11 Å². The van der Waals surface area contributed by atoms with Crippen LogP contribution in [0.15, 0.2) is 59.1 Å². The average Bonchev–Trinajstić information content (AvgIpc) is 2.50. The van der Waals surface area contributed by atoms with Gasteiger partial charge >= 0.3 is 0 Å². The molecule has 0 aliphatic carbocycles. The van der Waals surface area contributed by atoms with Crippen LogP contribution >= 0.6 is 15.9 Å². The van der Waals surface area contributed by atoms with Crippen molar-refractivity contribution in [1.82, 2.24) is 9.80 Å². The third kappa shape index (κ3) is 6.83. The lowest BCUT2D eigenvalue weighted by atomic mass is 10.2. The van der Waals surface area contributed by atoms with Gasteiger partial charge in [0.05, 0.1) is 6.10 Å². The fourth-order valence-corrected chi connectivity index (χ4v) is 2.97. The lowest BCUT2D eigenvalue weighted by Gasteiger charge is -2.25. The summed E-state index contributed by atoms with van der Waals surface area (Å²) in [7, 11) is 4.09. The summed E-state index contributed by atoms with van der Waals surface area (Å²) in [6.45, 7) is 3.02. The van der Waals surface area contributed by atoms with Crippen LogP contribution in [0.3, 0.4) is 0 Å². The largest absolute Gasteiger partial charge is 0.390 e. The number of likely N-dealkylation sites (N-methyl/N-ethyl adjacent to an activating group) is 2. The van der Waals surface area contributed by atoms with E-state index < -0.39 is 0 Å². The third-order valence-electron chi connectivity index (χ3n) is 3.71. The SMILES string of the molecule is CN(Cc1ccccc1)CC(O)CN(C)Cc1ccc(Br)cc1. The Balaban J connectivity index is 1.74. The van der Waals surface area contributed by atoms with Crippen molar-refractivity contribution in [2.75, 3.05) is 27.2 Å². The van der Waals surface area contributed by atoms with Crippen molar-refractivity contribution in [2.45, 2.75) is 19.2 Å². The van der Waals surface area contributed by atoms with Crippen LogP contribution in [0.4, 0.5) is 0 Å². The van der Waals surface area contributed by atoms with E-state index in [9.17, 15) is 5.11 Å². The Labute approximate surface area is 147 Å². The molecule has 0 aliphatic rings. The number of aliphatic hydroxyl groups is 1. The van der Waals surface area contributed by atoms with Crippen molar-refractivity contribution >= 4 is 15.9 Å². The Bertz CT molecular complexity index is 574. The molecular weight excluding hydrogens is 352 g/mol. The van der Waals surface area contributed by atoms with E-state index in [0.29, 0.717) is 13.1 Å². The first-order valence-electron chi connectivity index (χ1n) is 7.86. The van der Waals surface area contributed by atoms with Crippen LogP contribution in [0.5, 0.6) is 0 Å². The molecule has 0 saturated heterocycles. The first kappa shape index (κ1) is 18.1. The molecule has 0 heterocycles. The standard InChI is InChI=1S/C19H25BrN2O/c1-21(12-16-6-4-3-5-7-16)14-19(23)15-22(2)13-17-8-10-18(20)11-9-17/h3-11,19,23H,12-15H2,1-2H3. The number of halogens is 1. The van der Waals surface area contributed by atoms with E-state index >= 15 is 0 Å². The van der Waals surface area contributed by atoms with Gasteiger partial charge in [0.15, 0.2) is 0 Å². The van der Waals surface area contributed by atoms with Crippen LogP contribution in [0.1, 0.15) is 11.1 Å². The summed E-state index contributed by atoms with van der Waals surface area (Å²) in [5.74, 6) is 0. The van der Waals surface area contributed by atoms with Gasteiger partial charge in [0.1, 0.15) is 0 Å². The first-order chi connectivity index (χ1) is 11.0. The summed E-state index contributed by atoms with van der Waals surface area (Å²) in [4.78, 5) is 4.32. The monoisotopic (exact) mass is 376 g/mol. The molecule has 0 aromatic heterocycles. The van der Waals surface area contributed by atoms with Gasteiger partial charge in [0, 0.05) is 30.7 Å². The van der Waals surface area contributed by atoms with Gasteiger partial charge in [0.25, 0.3) is 0 Å². The molecule has 0 bridgehead atoms. The minimum Gasteiger partial charge on any atom is -0.390 e. The summed E-state index contributed by atoms with van der Waals surface area (Å²) in [6, 6.07) is 18.7. The Morgan fingerprint density at radius 2 is 1.30 bits per heavy atom. The van der Waals surface area contributed by atoms with Crippen molar-refractivity contribution < 1.29 is 5.11 Å². The Morgan fingerprint density at radius 1 is 0.826 bits per heavy atom. The van der Waals surface area contributed by atoms with Crippen molar-refractivity contribution in [1.29, 1.82) is 0 Å². The Morgan fingerprint density at radius 3 is 1.83 bits per heavy atom. The molecule has 124 valence electrons. The van der Waals surface area contributed by atoms with E-state index in [0.717, 1.165) is 17.6 Å². The second-order valence-electron chi connectivity index (χ2n) is 6.16. The Hall–Kier alpha value is -1.20. The number of benzene rings is 2. The van der Waals surface area contributed by atoms with Crippen LogP contribution in [0, 0.1) is 0 Å². The maximum absolute atomic E-state index is 10.3. The van der Waals surface area contributed by atoms with Crippen molar-refractivity contribution in [3.63, 3.8) is 0 Å². The zero-order chi connectivity index (χ0) is 16.7. The minimum atomic E-state index is -0.357. The number of rotatable bonds is 8. The molecule has 0 radical (unpaired) electrons. The number of nitrogens with zero attached hydrogens (tertiary/aromatic N) is 2. The molecule has 23 heavy (non-hydrogen) atoms. The molecule has 2 aromatic carbocycles. The van der Waals surface area contributed by atoms with Gasteiger partial charge in [-0.3, -0.25) is 9.80 Å². The van der Waals surface area contributed by atoms with Crippen LogP contribution < -0.4 is 0 Å². The van der Waals surface area contributed by atoms with Crippen LogP contribution in [0.25, 0.3) is 0 Å². The topological polar surface area (TPSA) is 26.7 Å². The summed E-state index contributed by atoms with van der Waals surface area (Å²) in [5.41, 5.74) is 2.52. The zero-order valence-electron chi connectivity index (χ0n) is 13.8. The predicted molar refractivity (Wildman–Crippen MR) is 99.3 cm³/mol. The molecule has 1 unspecified atom stereocenters. The normalized spacial score (nSPS) is 12.8. The molecule has 0 fully saturated rings. The summed E-state index contributed by atoms with van der Waals surface area (Å²) in [6.07, 6.45) is -0.357.